The normalized spacial score (nSPS) is 12.4. The van der Waals surface area contributed by atoms with Crippen molar-refractivity contribution in [3.63, 3.8) is 0 Å². The van der Waals surface area contributed by atoms with Crippen LogP contribution in [0.2, 0.25) is 5.02 Å². The zero-order valence-corrected chi connectivity index (χ0v) is 14.1. The molecule has 118 valence electrons. The topological polar surface area (TPSA) is 32.3 Å². The molecule has 0 bridgehead atoms. The molecule has 0 spiro atoms. The summed E-state index contributed by atoms with van der Waals surface area (Å²) in [5.74, 6) is 0.0866. The fourth-order valence-electron chi connectivity index (χ4n) is 2.34. The van der Waals surface area contributed by atoms with Crippen LogP contribution in [0.1, 0.15) is 45.1 Å². The smallest absolute Gasteiger partial charge is 0.234 e. The Morgan fingerprint density at radius 3 is 2.81 bits per heavy atom. The summed E-state index contributed by atoms with van der Waals surface area (Å²) in [6, 6.07) is 8.00. The summed E-state index contributed by atoms with van der Waals surface area (Å²) in [6.07, 6.45) is 4.67. The van der Waals surface area contributed by atoms with E-state index < -0.39 is 0 Å². The fourth-order valence-corrected chi connectivity index (χ4v) is 2.55. The number of rotatable bonds is 9. The molecule has 1 amide bonds. The average molecular weight is 311 g/mol. The van der Waals surface area contributed by atoms with Crippen LogP contribution in [0.4, 0.5) is 0 Å². The second-order valence-corrected chi connectivity index (χ2v) is 6.20. The van der Waals surface area contributed by atoms with E-state index in [-0.39, 0.29) is 11.9 Å². The molecule has 0 saturated heterocycles. The molecule has 1 atom stereocenters. The van der Waals surface area contributed by atoms with E-state index >= 15 is 0 Å². The SMILES string of the molecule is CCCCC[C@H](C)NC(=O)CN(C)Cc1cccc(Cl)c1. The van der Waals surface area contributed by atoms with Crippen LogP contribution in [0.3, 0.4) is 0 Å². The van der Waals surface area contributed by atoms with Gasteiger partial charge >= 0.3 is 0 Å². The number of likely N-dealkylation sites (N-methyl/N-ethyl adjacent to an activating group) is 1. The van der Waals surface area contributed by atoms with Crippen molar-refractivity contribution in [3.8, 4) is 0 Å². The highest BCUT2D eigenvalue weighted by Crippen LogP contribution is 2.12. The Bertz CT molecular complexity index is 437. The second kappa shape index (κ2) is 9.80. The summed E-state index contributed by atoms with van der Waals surface area (Å²) in [5, 5.41) is 3.79. The molecule has 0 fully saturated rings. The third kappa shape index (κ3) is 8.08. The van der Waals surface area contributed by atoms with E-state index in [1.165, 1.54) is 19.3 Å². The van der Waals surface area contributed by atoms with Gasteiger partial charge in [0.2, 0.25) is 5.91 Å². The Morgan fingerprint density at radius 1 is 1.38 bits per heavy atom. The molecule has 21 heavy (non-hydrogen) atoms. The minimum atomic E-state index is 0.0866. The lowest BCUT2D eigenvalue weighted by atomic mass is 10.1. The highest BCUT2D eigenvalue weighted by Gasteiger charge is 2.10. The summed E-state index contributed by atoms with van der Waals surface area (Å²) in [5.41, 5.74) is 1.12. The van der Waals surface area contributed by atoms with Crippen LogP contribution >= 0.6 is 11.6 Å². The zero-order valence-electron chi connectivity index (χ0n) is 13.4. The van der Waals surface area contributed by atoms with E-state index in [0.717, 1.165) is 23.6 Å². The van der Waals surface area contributed by atoms with Crippen LogP contribution in [0.25, 0.3) is 0 Å². The average Bonchev–Trinajstić information content (AvgIpc) is 2.38. The molecule has 0 unspecified atom stereocenters. The predicted octanol–water partition coefficient (Wildman–Crippen LogP) is 3.86. The van der Waals surface area contributed by atoms with E-state index in [1.807, 2.05) is 36.2 Å². The molecule has 3 nitrogen and oxygen atoms in total. The van der Waals surface area contributed by atoms with Crippen LogP contribution in [-0.2, 0) is 11.3 Å². The van der Waals surface area contributed by atoms with Crippen molar-refractivity contribution in [3.05, 3.63) is 34.9 Å². The van der Waals surface area contributed by atoms with Crippen molar-refractivity contribution >= 4 is 17.5 Å². The molecule has 0 aromatic heterocycles. The number of hydrogen-bond donors (Lipinski definition) is 1. The highest BCUT2D eigenvalue weighted by molar-refractivity contribution is 6.30. The van der Waals surface area contributed by atoms with E-state index in [9.17, 15) is 4.79 Å². The first kappa shape index (κ1) is 18.0. The highest BCUT2D eigenvalue weighted by atomic mass is 35.5. The van der Waals surface area contributed by atoms with Gasteiger partial charge in [0.25, 0.3) is 0 Å². The van der Waals surface area contributed by atoms with Crippen molar-refractivity contribution in [1.29, 1.82) is 0 Å². The molecule has 1 N–H and O–H groups in total. The maximum atomic E-state index is 12.0. The summed E-state index contributed by atoms with van der Waals surface area (Å²) in [6.45, 7) is 5.39. The van der Waals surface area contributed by atoms with Gasteiger partial charge in [0, 0.05) is 17.6 Å². The number of unbranched alkanes of at least 4 members (excludes halogenated alkanes) is 2. The van der Waals surface area contributed by atoms with Crippen molar-refractivity contribution in [2.75, 3.05) is 13.6 Å². The van der Waals surface area contributed by atoms with Crippen LogP contribution in [0.15, 0.2) is 24.3 Å². The number of nitrogens with one attached hydrogen (secondary N) is 1. The number of hydrogen-bond acceptors (Lipinski definition) is 2. The van der Waals surface area contributed by atoms with Gasteiger partial charge in [-0.25, -0.2) is 0 Å². The van der Waals surface area contributed by atoms with E-state index in [1.54, 1.807) is 0 Å². The van der Waals surface area contributed by atoms with Gasteiger partial charge in [-0.3, -0.25) is 9.69 Å². The molecule has 0 aliphatic heterocycles. The van der Waals surface area contributed by atoms with Crippen LogP contribution < -0.4 is 5.32 Å². The minimum Gasteiger partial charge on any atom is -0.353 e. The molecular formula is C17H27ClN2O. The third-order valence-electron chi connectivity index (χ3n) is 3.40. The lowest BCUT2D eigenvalue weighted by Gasteiger charge is -2.19. The maximum Gasteiger partial charge on any atom is 0.234 e. The molecule has 1 aromatic carbocycles. The second-order valence-electron chi connectivity index (χ2n) is 5.77. The number of nitrogens with zero attached hydrogens (tertiary/aromatic N) is 1. The number of carbonyl (C=O) groups excluding carboxylic acids is 1. The van der Waals surface area contributed by atoms with Gasteiger partial charge in [-0.05, 0) is 38.1 Å². The van der Waals surface area contributed by atoms with Crippen molar-refractivity contribution in [2.45, 2.75) is 52.1 Å². The summed E-state index contributed by atoms with van der Waals surface area (Å²) in [7, 11) is 1.95. The van der Waals surface area contributed by atoms with Crippen LogP contribution in [0.5, 0.6) is 0 Å². The van der Waals surface area contributed by atoms with Crippen molar-refractivity contribution < 1.29 is 4.79 Å². The van der Waals surface area contributed by atoms with E-state index in [2.05, 4.69) is 19.2 Å². The number of benzene rings is 1. The van der Waals surface area contributed by atoms with E-state index in [4.69, 9.17) is 11.6 Å². The first-order valence-corrected chi connectivity index (χ1v) is 8.11. The van der Waals surface area contributed by atoms with Gasteiger partial charge in [-0.1, -0.05) is 49.9 Å². The van der Waals surface area contributed by atoms with Gasteiger partial charge < -0.3 is 5.32 Å². The Hall–Kier alpha value is -1.06. The lowest BCUT2D eigenvalue weighted by Crippen LogP contribution is -2.39. The minimum absolute atomic E-state index is 0.0866. The largest absolute Gasteiger partial charge is 0.353 e. The summed E-state index contributed by atoms with van der Waals surface area (Å²) >= 11 is 5.97. The van der Waals surface area contributed by atoms with Gasteiger partial charge in [0.05, 0.1) is 6.54 Å². The predicted molar refractivity (Wildman–Crippen MR) is 89.5 cm³/mol. The van der Waals surface area contributed by atoms with Crippen molar-refractivity contribution in [2.24, 2.45) is 0 Å². The summed E-state index contributed by atoms with van der Waals surface area (Å²) in [4.78, 5) is 14.0. The number of amides is 1. The first-order valence-electron chi connectivity index (χ1n) is 7.73. The molecule has 0 aliphatic carbocycles. The maximum absolute atomic E-state index is 12.0. The Morgan fingerprint density at radius 2 is 2.14 bits per heavy atom. The van der Waals surface area contributed by atoms with Gasteiger partial charge in [-0.2, -0.15) is 0 Å². The summed E-state index contributed by atoms with van der Waals surface area (Å²) < 4.78 is 0. The van der Waals surface area contributed by atoms with Gasteiger partial charge in [0.15, 0.2) is 0 Å². The number of carbonyl (C=O) groups is 1. The molecule has 0 radical (unpaired) electrons. The van der Waals surface area contributed by atoms with Crippen LogP contribution in [-0.4, -0.2) is 30.4 Å². The molecule has 0 saturated carbocycles. The molecule has 1 aromatic rings. The Kier molecular flexibility index (Phi) is 8.40. The monoisotopic (exact) mass is 310 g/mol. The third-order valence-corrected chi connectivity index (χ3v) is 3.64. The molecular weight excluding hydrogens is 284 g/mol. The molecule has 4 heteroatoms. The van der Waals surface area contributed by atoms with Gasteiger partial charge in [-0.15, -0.1) is 0 Å². The van der Waals surface area contributed by atoms with Crippen molar-refractivity contribution in [1.82, 2.24) is 10.2 Å². The standard InChI is InChI=1S/C17H27ClN2O/c1-4-5-6-8-14(2)19-17(21)13-20(3)12-15-9-7-10-16(18)11-15/h7,9-11,14H,4-6,8,12-13H2,1-3H3,(H,19,21)/t14-/m0/s1. The molecule has 1 rings (SSSR count). The first-order chi connectivity index (χ1) is 10.0. The Labute approximate surface area is 133 Å². The van der Waals surface area contributed by atoms with Crippen LogP contribution in [0, 0.1) is 0 Å². The zero-order chi connectivity index (χ0) is 15.7. The molecule has 0 aliphatic rings. The quantitative estimate of drug-likeness (QED) is 0.703. The molecule has 0 heterocycles. The Balaban J connectivity index is 2.30. The van der Waals surface area contributed by atoms with Gasteiger partial charge in [0.1, 0.15) is 0 Å². The number of halogens is 1. The lowest BCUT2D eigenvalue weighted by molar-refractivity contribution is -0.122. The van der Waals surface area contributed by atoms with E-state index in [0.29, 0.717) is 6.54 Å². The fraction of sp³-hybridized carbons (Fsp3) is 0.588.